The number of halogens is 3. The summed E-state index contributed by atoms with van der Waals surface area (Å²) in [4.78, 5) is 22.1. The predicted octanol–water partition coefficient (Wildman–Crippen LogP) is 4.87. The van der Waals surface area contributed by atoms with Gasteiger partial charge in [0.2, 0.25) is 11.7 Å². The van der Waals surface area contributed by atoms with Crippen LogP contribution in [0, 0.1) is 11.8 Å². The molecule has 194 valence electrons. The van der Waals surface area contributed by atoms with Crippen molar-refractivity contribution in [3.05, 3.63) is 53.8 Å². The molecule has 1 aromatic carbocycles. The van der Waals surface area contributed by atoms with Gasteiger partial charge < -0.3 is 14.4 Å². The van der Waals surface area contributed by atoms with Gasteiger partial charge in [-0.25, -0.2) is 0 Å². The van der Waals surface area contributed by atoms with E-state index in [1.165, 1.54) is 18.4 Å². The summed E-state index contributed by atoms with van der Waals surface area (Å²) in [6.45, 7) is 7.79. The fraction of sp³-hybridized carbons (Fsp3) is 0.481. The predicted molar refractivity (Wildman–Crippen MR) is 134 cm³/mol. The molecule has 4 heterocycles. The van der Waals surface area contributed by atoms with Gasteiger partial charge >= 0.3 is 6.18 Å². The van der Waals surface area contributed by atoms with E-state index >= 15 is 0 Å². The topological polar surface area (TPSA) is 67.2 Å². The fourth-order valence-electron chi connectivity index (χ4n) is 5.89. The lowest BCUT2D eigenvalue weighted by atomic mass is 9.85. The van der Waals surface area contributed by atoms with E-state index in [0.29, 0.717) is 25.4 Å². The minimum atomic E-state index is -4.56. The summed E-state index contributed by atoms with van der Waals surface area (Å²) in [6.07, 6.45) is 2.29. The van der Waals surface area contributed by atoms with Gasteiger partial charge in [0.05, 0.1) is 17.7 Å². The van der Waals surface area contributed by atoms with E-state index in [4.69, 9.17) is 4.98 Å². The van der Waals surface area contributed by atoms with Gasteiger partial charge in [0.25, 0.3) is 0 Å². The second kappa shape index (κ2) is 8.85. The zero-order valence-electron chi connectivity index (χ0n) is 20.7. The highest BCUT2D eigenvalue weighted by Gasteiger charge is 2.41. The highest BCUT2D eigenvalue weighted by atomic mass is 19.4. The molecule has 0 spiro atoms. The molecule has 0 bridgehead atoms. The van der Waals surface area contributed by atoms with Gasteiger partial charge in [-0.3, -0.25) is 9.78 Å². The number of alkyl halides is 3. The van der Waals surface area contributed by atoms with Crippen molar-refractivity contribution in [2.75, 3.05) is 24.5 Å². The Bertz CT molecular complexity index is 1380. The molecule has 2 aliphatic heterocycles. The van der Waals surface area contributed by atoms with E-state index in [0.717, 1.165) is 26.7 Å². The van der Waals surface area contributed by atoms with E-state index < -0.39 is 12.0 Å². The molecule has 3 aliphatic rings. The summed E-state index contributed by atoms with van der Waals surface area (Å²) in [6, 6.07) is 6.57. The van der Waals surface area contributed by atoms with Crippen molar-refractivity contribution in [3.8, 4) is 0 Å². The van der Waals surface area contributed by atoms with E-state index in [-0.39, 0.29) is 43.2 Å². The molecule has 0 radical (unpaired) electrons. The Morgan fingerprint density at radius 1 is 1.14 bits per heavy atom. The number of carbonyl (C=O) groups excluding carboxylic acids is 1. The number of rotatable bonds is 4. The summed E-state index contributed by atoms with van der Waals surface area (Å²) >= 11 is 0. The summed E-state index contributed by atoms with van der Waals surface area (Å²) in [7, 11) is 0. The number of anilines is 1. The third-order valence-electron chi connectivity index (χ3n) is 8.02. The normalized spacial score (nSPS) is 22.3. The Labute approximate surface area is 213 Å². The summed E-state index contributed by atoms with van der Waals surface area (Å²) in [5.41, 5.74) is 4.39. The van der Waals surface area contributed by atoms with Crippen molar-refractivity contribution in [1.82, 2.24) is 24.6 Å². The molecule has 7 nitrogen and oxygen atoms in total. The van der Waals surface area contributed by atoms with Crippen molar-refractivity contribution >= 4 is 28.6 Å². The molecule has 2 unspecified atom stereocenters. The average molecular weight is 511 g/mol. The first-order valence-electron chi connectivity index (χ1n) is 12.8. The molecule has 37 heavy (non-hydrogen) atoms. The molecule has 3 aromatic rings. The lowest BCUT2D eigenvalue weighted by Gasteiger charge is -2.41. The summed E-state index contributed by atoms with van der Waals surface area (Å²) in [5.74, 6) is -0.315. The van der Waals surface area contributed by atoms with E-state index in [2.05, 4.69) is 46.8 Å². The van der Waals surface area contributed by atoms with Crippen LogP contribution < -0.4 is 4.90 Å². The Hall–Kier alpha value is -3.43. The van der Waals surface area contributed by atoms with Crippen LogP contribution in [-0.4, -0.2) is 50.2 Å². The van der Waals surface area contributed by atoms with Gasteiger partial charge in [-0.05, 0) is 42.7 Å². The lowest BCUT2D eigenvalue weighted by Crippen LogP contribution is -2.49. The molecular weight excluding hydrogens is 481 g/mol. The molecule has 0 N–H and O–H groups in total. The zero-order chi connectivity index (χ0) is 25.9. The maximum Gasteiger partial charge on any atom is 0.451 e. The fourth-order valence-corrected chi connectivity index (χ4v) is 5.89. The van der Waals surface area contributed by atoms with Gasteiger partial charge in [0, 0.05) is 49.2 Å². The quantitative estimate of drug-likeness (QED) is 0.501. The van der Waals surface area contributed by atoms with Crippen LogP contribution in [0.5, 0.6) is 0 Å². The maximum absolute atomic E-state index is 13.5. The monoisotopic (exact) mass is 510 g/mol. The SMILES string of the molecule is C=Cc1cnc2cc(C3CC3)ccc2c1N1CCC(C(=O)N2CCn3c(nnc3C(F)(F)F)C2)C(C)C1. The Balaban J connectivity index is 1.20. The van der Waals surface area contributed by atoms with E-state index in [1.54, 1.807) is 4.90 Å². The van der Waals surface area contributed by atoms with Crippen molar-refractivity contribution < 1.29 is 18.0 Å². The van der Waals surface area contributed by atoms with Gasteiger partial charge in [-0.15, -0.1) is 10.2 Å². The maximum atomic E-state index is 13.5. The average Bonchev–Trinajstić information content (AvgIpc) is 3.64. The summed E-state index contributed by atoms with van der Waals surface area (Å²) < 4.78 is 40.6. The number of piperidine rings is 1. The van der Waals surface area contributed by atoms with Crippen molar-refractivity contribution in [1.29, 1.82) is 0 Å². The minimum absolute atomic E-state index is 0.0208. The lowest BCUT2D eigenvalue weighted by molar-refractivity contribution is -0.148. The standard InChI is InChI=1S/C27H29F3N6O/c1-3-17-13-31-22-12-19(18-4-5-18)6-7-21(22)24(17)34-9-8-20(16(2)14-34)25(37)35-10-11-36-23(15-35)32-33-26(36)27(28,29)30/h3,6-7,12-13,16,18,20H,1,4-5,8-11,14-15H2,2H3. The van der Waals surface area contributed by atoms with Gasteiger partial charge in [0.1, 0.15) is 0 Å². The third-order valence-corrected chi connectivity index (χ3v) is 8.02. The summed E-state index contributed by atoms with van der Waals surface area (Å²) in [5, 5.41) is 8.13. The molecule has 2 fully saturated rings. The van der Waals surface area contributed by atoms with Crippen LogP contribution in [0.15, 0.2) is 31.0 Å². The Kier molecular flexibility index (Phi) is 5.72. The van der Waals surface area contributed by atoms with Crippen LogP contribution in [0.1, 0.15) is 54.9 Å². The van der Waals surface area contributed by atoms with Crippen LogP contribution in [0.25, 0.3) is 17.0 Å². The Morgan fingerprint density at radius 2 is 1.95 bits per heavy atom. The molecule has 2 aromatic heterocycles. The van der Waals surface area contributed by atoms with Crippen molar-refractivity contribution in [2.24, 2.45) is 11.8 Å². The van der Waals surface area contributed by atoms with Crippen LogP contribution in [0.4, 0.5) is 18.9 Å². The molecule has 6 rings (SSSR count). The number of aromatic nitrogens is 4. The number of hydrogen-bond donors (Lipinski definition) is 0. The number of amides is 1. The molecule has 1 saturated heterocycles. The molecular formula is C27H29F3N6O. The smallest absolute Gasteiger partial charge is 0.370 e. The van der Waals surface area contributed by atoms with Crippen LogP contribution in [0.3, 0.4) is 0 Å². The largest absolute Gasteiger partial charge is 0.451 e. The third kappa shape index (κ3) is 4.26. The van der Waals surface area contributed by atoms with Gasteiger partial charge in [0.15, 0.2) is 5.82 Å². The second-order valence-electron chi connectivity index (χ2n) is 10.5. The molecule has 1 aliphatic carbocycles. The number of pyridine rings is 1. The first-order valence-corrected chi connectivity index (χ1v) is 12.8. The minimum Gasteiger partial charge on any atom is -0.370 e. The van der Waals surface area contributed by atoms with Gasteiger partial charge in [-0.2, -0.15) is 13.2 Å². The van der Waals surface area contributed by atoms with Gasteiger partial charge in [-0.1, -0.05) is 31.7 Å². The zero-order valence-corrected chi connectivity index (χ0v) is 20.7. The number of carbonyl (C=O) groups is 1. The van der Waals surface area contributed by atoms with E-state index in [1.807, 2.05) is 12.3 Å². The van der Waals surface area contributed by atoms with Crippen LogP contribution in [0.2, 0.25) is 0 Å². The number of nitrogens with zero attached hydrogens (tertiary/aromatic N) is 6. The number of hydrogen-bond acceptors (Lipinski definition) is 5. The molecule has 10 heteroatoms. The van der Waals surface area contributed by atoms with Crippen LogP contribution in [-0.2, 0) is 24.1 Å². The highest BCUT2D eigenvalue weighted by molar-refractivity contribution is 5.96. The van der Waals surface area contributed by atoms with E-state index in [9.17, 15) is 18.0 Å². The van der Waals surface area contributed by atoms with Crippen LogP contribution >= 0.6 is 0 Å². The molecule has 1 amide bonds. The first-order chi connectivity index (χ1) is 17.7. The number of benzene rings is 1. The number of fused-ring (bicyclic) bond motifs is 2. The second-order valence-corrected chi connectivity index (χ2v) is 10.5. The first kappa shape index (κ1) is 23.9. The highest BCUT2D eigenvalue weighted by Crippen LogP contribution is 2.42. The molecule has 2 atom stereocenters. The Morgan fingerprint density at radius 3 is 2.65 bits per heavy atom. The molecule has 1 saturated carbocycles. The van der Waals surface area contributed by atoms with Crippen molar-refractivity contribution in [2.45, 2.75) is 51.4 Å². The van der Waals surface area contributed by atoms with Crippen molar-refractivity contribution in [3.63, 3.8) is 0 Å².